The molecule has 0 radical (unpaired) electrons. The quantitative estimate of drug-likeness (QED) is 0.770. The second-order valence-electron chi connectivity index (χ2n) is 7.67. The predicted octanol–water partition coefficient (Wildman–Crippen LogP) is 3.21. The molecule has 8 heteroatoms. The van der Waals surface area contributed by atoms with Crippen LogP contribution < -0.4 is 11.0 Å². The van der Waals surface area contributed by atoms with Crippen molar-refractivity contribution in [3.05, 3.63) is 64.1 Å². The SMILES string of the molecule is CC1(C)OB(c2ccc(=O)n(Cc3ccccc3C(F)(F)F)c2)OC1(C)C. The van der Waals surface area contributed by atoms with Gasteiger partial charge in [-0.15, -0.1) is 0 Å². The maximum Gasteiger partial charge on any atom is 0.496 e. The molecule has 1 aliphatic heterocycles. The van der Waals surface area contributed by atoms with Gasteiger partial charge in [-0.2, -0.15) is 13.2 Å². The van der Waals surface area contributed by atoms with E-state index >= 15 is 0 Å². The van der Waals surface area contributed by atoms with Crippen LogP contribution in [-0.2, 0) is 22.0 Å². The standard InChI is InChI=1S/C19H21BF3NO3/c1-17(2)18(3,4)27-20(26-17)14-9-10-16(25)24(12-14)11-13-7-5-6-8-15(13)19(21,22)23/h5-10,12H,11H2,1-4H3. The molecule has 0 saturated carbocycles. The van der Waals surface area contributed by atoms with Crippen molar-refractivity contribution >= 4 is 12.6 Å². The molecule has 4 nitrogen and oxygen atoms in total. The van der Waals surface area contributed by atoms with Crippen LogP contribution in [0.3, 0.4) is 0 Å². The van der Waals surface area contributed by atoms with Crippen molar-refractivity contribution in [2.24, 2.45) is 0 Å². The van der Waals surface area contributed by atoms with Crippen LogP contribution in [0.1, 0.15) is 38.8 Å². The van der Waals surface area contributed by atoms with Gasteiger partial charge in [-0.1, -0.05) is 24.3 Å². The topological polar surface area (TPSA) is 40.5 Å². The highest BCUT2D eigenvalue weighted by Crippen LogP contribution is 2.36. The highest BCUT2D eigenvalue weighted by Gasteiger charge is 2.51. The summed E-state index contributed by atoms with van der Waals surface area (Å²) in [6, 6.07) is 8.13. The first-order valence-corrected chi connectivity index (χ1v) is 8.62. The second kappa shape index (κ2) is 6.53. The smallest absolute Gasteiger partial charge is 0.399 e. The maximum absolute atomic E-state index is 13.2. The van der Waals surface area contributed by atoms with E-state index < -0.39 is 35.6 Å². The number of halogens is 3. The third-order valence-corrected chi connectivity index (χ3v) is 5.20. The molecular formula is C19H21BF3NO3. The van der Waals surface area contributed by atoms with Crippen LogP contribution in [0.25, 0.3) is 0 Å². The zero-order valence-electron chi connectivity index (χ0n) is 15.6. The van der Waals surface area contributed by atoms with Gasteiger partial charge in [0, 0.05) is 12.3 Å². The predicted molar refractivity (Wildman–Crippen MR) is 97.0 cm³/mol. The van der Waals surface area contributed by atoms with Crippen molar-refractivity contribution in [1.82, 2.24) is 4.57 Å². The fourth-order valence-electron chi connectivity index (χ4n) is 2.91. The molecule has 0 atom stereocenters. The Balaban J connectivity index is 1.94. The summed E-state index contributed by atoms with van der Waals surface area (Å²) in [6.07, 6.45) is -2.98. The third kappa shape index (κ3) is 3.82. The largest absolute Gasteiger partial charge is 0.496 e. The van der Waals surface area contributed by atoms with Crippen molar-refractivity contribution < 1.29 is 22.5 Å². The maximum atomic E-state index is 13.2. The lowest BCUT2D eigenvalue weighted by Crippen LogP contribution is -2.41. The number of alkyl halides is 3. The lowest BCUT2D eigenvalue weighted by molar-refractivity contribution is -0.138. The molecular weight excluding hydrogens is 358 g/mol. The van der Waals surface area contributed by atoms with Gasteiger partial charge >= 0.3 is 13.3 Å². The Bertz CT molecular complexity index is 890. The molecule has 2 heterocycles. The van der Waals surface area contributed by atoms with Gasteiger partial charge in [-0.25, -0.2) is 0 Å². The van der Waals surface area contributed by atoms with Gasteiger partial charge in [-0.3, -0.25) is 4.79 Å². The average molecular weight is 379 g/mol. The van der Waals surface area contributed by atoms with Gasteiger partial charge in [0.15, 0.2) is 0 Å². The molecule has 0 aliphatic carbocycles. The zero-order chi connectivity index (χ0) is 20.0. The molecule has 1 aromatic carbocycles. The van der Waals surface area contributed by atoms with E-state index in [9.17, 15) is 18.0 Å². The van der Waals surface area contributed by atoms with Crippen LogP contribution in [0.5, 0.6) is 0 Å². The van der Waals surface area contributed by atoms with Crippen LogP contribution in [0.2, 0.25) is 0 Å². The summed E-state index contributed by atoms with van der Waals surface area (Å²) in [7, 11) is -0.695. The summed E-state index contributed by atoms with van der Waals surface area (Å²) in [5.41, 5.74) is -1.65. The minimum atomic E-state index is -4.48. The summed E-state index contributed by atoms with van der Waals surface area (Å²) >= 11 is 0. The Labute approximate surface area is 156 Å². The van der Waals surface area contributed by atoms with Crippen LogP contribution in [-0.4, -0.2) is 22.9 Å². The lowest BCUT2D eigenvalue weighted by Gasteiger charge is -2.32. The van der Waals surface area contributed by atoms with Crippen molar-refractivity contribution in [3.63, 3.8) is 0 Å². The highest BCUT2D eigenvalue weighted by atomic mass is 19.4. The van der Waals surface area contributed by atoms with E-state index in [0.717, 1.165) is 6.07 Å². The monoisotopic (exact) mass is 379 g/mol. The number of rotatable bonds is 3. The molecule has 1 aliphatic rings. The van der Waals surface area contributed by atoms with Crippen LogP contribution in [0.4, 0.5) is 13.2 Å². The number of nitrogens with zero attached hydrogens (tertiary/aromatic N) is 1. The van der Waals surface area contributed by atoms with Gasteiger partial charge in [0.1, 0.15) is 0 Å². The van der Waals surface area contributed by atoms with Crippen molar-refractivity contribution in [3.8, 4) is 0 Å². The fraction of sp³-hybridized carbons (Fsp3) is 0.421. The molecule has 0 unspecified atom stereocenters. The number of hydrogen-bond donors (Lipinski definition) is 0. The first kappa shape index (κ1) is 19.7. The molecule has 1 fully saturated rings. The minimum absolute atomic E-state index is 0.0261. The van der Waals surface area contributed by atoms with E-state index in [1.165, 1.54) is 35.0 Å². The lowest BCUT2D eigenvalue weighted by atomic mass is 9.80. The van der Waals surface area contributed by atoms with Crippen LogP contribution in [0, 0.1) is 0 Å². The summed E-state index contributed by atoms with van der Waals surface area (Å²) in [4.78, 5) is 12.2. The molecule has 0 bridgehead atoms. The summed E-state index contributed by atoms with van der Waals surface area (Å²) in [5, 5.41) is 0. The minimum Gasteiger partial charge on any atom is -0.399 e. The normalized spacial score (nSPS) is 18.7. The highest BCUT2D eigenvalue weighted by molar-refractivity contribution is 6.62. The van der Waals surface area contributed by atoms with Gasteiger partial charge in [0.25, 0.3) is 5.56 Å². The van der Waals surface area contributed by atoms with Gasteiger partial charge in [0.2, 0.25) is 0 Å². The van der Waals surface area contributed by atoms with E-state index in [0.29, 0.717) is 5.46 Å². The van der Waals surface area contributed by atoms with Crippen LogP contribution >= 0.6 is 0 Å². The molecule has 27 heavy (non-hydrogen) atoms. The second-order valence-corrected chi connectivity index (χ2v) is 7.67. The Morgan fingerprint density at radius 3 is 2.19 bits per heavy atom. The van der Waals surface area contributed by atoms with Gasteiger partial charge in [0.05, 0.1) is 23.3 Å². The number of aromatic nitrogens is 1. The van der Waals surface area contributed by atoms with Crippen LogP contribution in [0.15, 0.2) is 47.4 Å². The van der Waals surface area contributed by atoms with E-state index in [4.69, 9.17) is 9.31 Å². The van der Waals surface area contributed by atoms with E-state index in [2.05, 4.69) is 0 Å². The molecule has 0 N–H and O–H groups in total. The first-order chi connectivity index (χ1) is 12.4. The molecule has 2 aromatic rings. The summed E-state index contributed by atoms with van der Waals surface area (Å²) < 4.78 is 52.8. The number of benzene rings is 1. The van der Waals surface area contributed by atoms with E-state index in [1.807, 2.05) is 27.7 Å². The molecule has 3 rings (SSSR count). The number of pyridine rings is 1. The van der Waals surface area contributed by atoms with Gasteiger partial charge < -0.3 is 13.9 Å². The molecule has 1 saturated heterocycles. The molecule has 1 aromatic heterocycles. The van der Waals surface area contributed by atoms with Crippen molar-refractivity contribution in [1.29, 1.82) is 0 Å². The van der Waals surface area contributed by atoms with E-state index in [1.54, 1.807) is 6.07 Å². The molecule has 144 valence electrons. The van der Waals surface area contributed by atoms with Gasteiger partial charge in [-0.05, 0) is 44.8 Å². The Hall–Kier alpha value is -2.06. The zero-order valence-corrected chi connectivity index (χ0v) is 15.6. The summed E-state index contributed by atoms with van der Waals surface area (Å²) in [5.74, 6) is 0. The summed E-state index contributed by atoms with van der Waals surface area (Å²) in [6.45, 7) is 7.43. The van der Waals surface area contributed by atoms with E-state index in [-0.39, 0.29) is 12.1 Å². The fourth-order valence-corrected chi connectivity index (χ4v) is 2.91. The molecule has 0 amide bonds. The molecule has 0 spiro atoms. The first-order valence-electron chi connectivity index (χ1n) is 8.62. The number of hydrogen-bond acceptors (Lipinski definition) is 3. The third-order valence-electron chi connectivity index (χ3n) is 5.20. The Morgan fingerprint density at radius 2 is 1.59 bits per heavy atom. The van der Waals surface area contributed by atoms with Crippen molar-refractivity contribution in [2.45, 2.75) is 51.6 Å². The average Bonchev–Trinajstić information content (AvgIpc) is 2.77. The van der Waals surface area contributed by atoms with Crippen molar-refractivity contribution in [2.75, 3.05) is 0 Å². The Morgan fingerprint density at radius 1 is 1.00 bits per heavy atom. The Kier molecular flexibility index (Phi) is 4.76.